The number of β-lactam (4-membered cyclic amide) rings is 1. The van der Waals surface area contributed by atoms with E-state index in [1.807, 2.05) is 0 Å². The number of carbonyl (C=O) groups is 12. The first kappa shape index (κ1) is 76.5. The van der Waals surface area contributed by atoms with Crippen LogP contribution in [0.15, 0.2) is 127 Å². The number of cyclic esters (lactones) is 1. The number of nitrogen functional groups attached to an aromatic ring is 1. The lowest BCUT2D eigenvalue weighted by molar-refractivity contribution is -0.689. The molecule has 0 saturated carbocycles. The van der Waals surface area contributed by atoms with Crippen molar-refractivity contribution in [2.75, 3.05) is 40.2 Å². The van der Waals surface area contributed by atoms with Crippen molar-refractivity contribution in [1.82, 2.24) is 46.4 Å². The molecule has 10 heterocycles. The number of aromatic nitrogens is 5. The van der Waals surface area contributed by atoms with Crippen molar-refractivity contribution < 1.29 is 111 Å². The number of thioether (sulfide) groups is 3. The molecule has 105 heavy (non-hydrogen) atoms. The first-order valence-corrected chi connectivity index (χ1v) is 36.5. The Bertz CT molecular complexity index is 4570. The zero-order chi connectivity index (χ0) is 76.0. The molecule has 6 atom stereocenters. The molecule has 10 rings (SSSR count). The van der Waals surface area contributed by atoms with Crippen molar-refractivity contribution in [3.63, 3.8) is 0 Å². The van der Waals surface area contributed by atoms with Gasteiger partial charge in [-0.25, -0.2) is 52.9 Å². The topological polar surface area (TPSA) is 540 Å². The van der Waals surface area contributed by atoms with Crippen LogP contribution in [0.2, 0.25) is 0 Å². The van der Waals surface area contributed by atoms with Crippen molar-refractivity contribution in [3.8, 4) is 0 Å². The number of nitrogens with one attached hydrogen (secondary N) is 7. The van der Waals surface area contributed by atoms with Crippen LogP contribution in [-0.2, 0) is 89.9 Å². The van der Waals surface area contributed by atoms with E-state index in [9.17, 15) is 73.5 Å². The number of rotatable bonds is 30. The molecule has 38 nitrogen and oxygen atoms in total. The molecule has 552 valence electrons. The molecule has 5 aliphatic heterocycles. The molecule has 0 spiro atoms. The molecule has 1 saturated heterocycles. The number of amides is 6. The molecular formula is C61H63N17O21S6+2. The number of nitrogens with two attached hydrogens (primary N) is 1. The number of hydrogen-bond acceptors (Lipinski definition) is 31. The SMILES string of the molecule is CC(C)(O/N=C(\C(=O)NC(C(=O)Nc1nc(/C(=N/OC(C)(C)C(=O)O)C(=O)NC(C(=O)Nc2nc(/C(=N/OC(C)(C)C(=O)O)C(=O)N[C@@H]3C(=O)N4C5=C(COC5=O)CS[C@H]34)cs2)C2NC(C(=O)O)=C(C[n+]3ccccc3)CS2)cs1)C1NC(C(=O)O)=C(C[n+]2ccccc2)CS1)c1csc(N)n1)C(=O)O. The number of oxime groups is 3. The molecule has 0 aromatic carbocycles. The predicted octanol–water partition coefficient (Wildman–Crippen LogP) is -0.174. The van der Waals surface area contributed by atoms with Crippen LogP contribution in [0.4, 0.5) is 15.4 Å². The number of carbonyl (C=O) groups excluding carboxylic acids is 7. The summed E-state index contributed by atoms with van der Waals surface area (Å²) in [5.74, 6) is -14.6. The number of esters is 1. The van der Waals surface area contributed by atoms with Crippen LogP contribution in [0, 0.1) is 0 Å². The monoisotopic (exact) mass is 1560 g/mol. The Kier molecular flexibility index (Phi) is 23.2. The highest BCUT2D eigenvalue weighted by Crippen LogP contribution is 2.43. The molecule has 0 bridgehead atoms. The summed E-state index contributed by atoms with van der Waals surface area (Å²) in [6, 6.07) is 5.37. The molecule has 5 aromatic heterocycles. The van der Waals surface area contributed by atoms with Crippen LogP contribution in [0.1, 0.15) is 58.6 Å². The van der Waals surface area contributed by atoms with Gasteiger partial charge in [-0.3, -0.25) is 33.7 Å². The van der Waals surface area contributed by atoms with E-state index < -0.39 is 145 Å². The quantitative estimate of drug-likeness (QED) is 0.00933. The molecule has 44 heteroatoms. The number of fused-ring (bicyclic) bond motifs is 2. The lowest BCUT2D eigenvalue weighted by Crippen LogP contribution is -2.70. The van der Waals surface area contributed by atoms with Crippen LogP contribution >= 0.6 is 69.3 Å². The van der Waals surface area contributed by atoms with Crippen LogP contribution < -0.4 is 52.1 Å². The van der Waals surface area contributed by atoms with E-state index in [0.717, 1.165) is 81.8 Å². The molecule has 0 aliphatic carbocycles. The van der Waals surface area contributed by atoms with Crippen molar-refractivity contribution >= 4 is 173 Å². The summed E-state index contributed by atoms with van der Waals surface area (Å²) in [4.78, 5) is 193. The molecular weight excluding hydrogens is 1500 g/mol. The van der Waals surface area contributed by atoms with Gasteiger partial charge in [0.1, 0.15) is 75.0 Å². The zero-order valence-corrected chi connectivity index (χ0v) is 60.4. The van der Waals surface area contributed by atoms with E-state index in [0.29, 0.717) is 45.1 Å². The summed E-state index contributed by atoms with van der Waals surface area (Å²) < 4.78 is 8.50. The Morgan fingerprint density at radius 1 is 0.600 bits per heavy atom. The first-order valence-electron chi connectivity index (χ1n) is 30.7. The second-order valence-electron chi connectivity index (χ2n) is 24.4. The van der Waals surface area contributed by atoms with Gasteiger partial charge in [-0.15, -0.1) is 69.3 Å². The minimum Gasteiger partial charge on any atom is -0.478 e. The second-order valence-corrected chi connectivity index (χ2v) is 30.3. The fourth-order valence-electron chi connectivity index (χ4n) is 9.69. The van der Waals surface area contributed by atoms with Gasteiger partial charge >= 0.3 is 35.8 Å². The van der Waals surface area contributed by atoms with Gasteiger partial charge in [0.05, 0.1) is 0 Å². The number of aliphatic carboxylic acids is 5. The largest absolute Gasteiger partial charge is 0.478 e. The second kappa shape index (κ2) is 31.9. The van der Waals surface area contributed by atoms with Gasteiger partial charge < -0.3 is 87.7 Å². The molecule has 0 radical (unpaired) electrons. The summed E-state index contributed by atoms with van der Waals surface area (Å²) in [5, 5.41) is 80.2. The Balaban J connectivity index is 0.968. The number of anilines is 3. The van der Waals surface area contributed by atoms with Crippen LogP contribution in [0.25, 0.3) is 0 Å². The summed E-state index contributed by atoms with van der Waals surface area (Å²) in [6.45, 7) is 6.77. The number of hydrogen-bond donors (Lipinski definition) is 13. The predicted molar refractivity (Wildman–Crippen MR) is 374 cm³/mol. The summed E-state index contributed by atoms with van der Waals surface area (Å²) in [5.41, 5.74) is -3.04. The molecule has 1 fully saturated rings. The minimum absolute atomic E-state index is 0.00962. The van der Waals surface area contributed by atoms with E-state index >= 15 is 9.59 Å². The van der Waals surface area contributed by atoms with Crippen LogP contribution in [-0.4, -0.2) is 209 Å². The van der Waals surface area contributed by atoms with Crippen molar-refractivity contribution in [1.29, 1.82) is 0 Å². The highest BCUT2D eigenvalue weighted by Gasteiger charge is 2.56. The van der Waals surface area contributed by atoms with Gasteiger partial charge in [0.15, 0.2) is 70.4 Å². The third-order valence-electron chi connectivity index (χ3n) is 15.5. The van der Waals surface area contributed by atoms with Gasteiger partial charge in [0.25, 0.3) is 35.4 Å². The standard InChI is InChI=1S/C61H61N17O21S6/c1-59(2,53(90)91)97-73-34(29-23-103-56(62)63-29)41(79)66-37(46-69-32(50(85)86)26(20-100-46)17-76-13-9-7-10-14-76)44(82)71-57-64-30(24-104-57)35(74-98-60(3,4)54(92)93)42(80)67-38(47-70-33(51(87)88)27(21-101-47)18-77-15-11-8-12-16-77)45(83)72-58-65-31(25-105-58)36(75-99-61(5,6)55(94)95)43(81)68-39-48(84)78-40-28(19-96-52(40)89)22-102-49(39)78/h7-16,23-25,37-39,46-47,49,69-70H,17-22H2,1-6H3,(H10-2,62,63,64,65,66,67,68,71,72,79,80,81,82,83,85,86,87,88,90,91,92,93,94,95)/p+2/b73-34-,74-35-,75-36-/t37?,38?,39-,46?,47?,49-/m1/s1. The number of carboxylic acid groups (broad SMARTS) is 5. The number of carboxylic acids is 5. The Morgan fingerprint density at radius 3 is 1.41 bits per heavy atom. The number of pyridine rings is 2. The maximum atomic E-state index is 15.2. The van der Waals surface area contributed by atoms with Gasteiger partial charge in [0.2, 0.25) is 16.8 Å². The third kappa shape index (κ3) is 17.8. The maximum Gasteiger partial charge on any atom is 0.355 e. The zero-order valence-electron chi connectivity index (χ0n) is 55.5. The fourth-order valence-corrected chi connectivity index (χ4v) is 15.4. The molecule has 5 aromatic rings. The fraction of sp³-hybridized carbons (Fsp3) is 0.344. The lowest BCUT2D eigenvalue weighted by atomic mass is 10.0. The summed E-state index contributed by atoms with van der Waals surface area (Å²) in [7, 11) is 0. The highest BCUT2D eigenvalue weighted by atomic mass is 32.2. The molecule has 14 N–H and O–H groups in total. The number of thiazole rings is 3. The van der Waals surface area contributed by atoms with Gasteiger partial charge in [-0.1, -0.05) is 27.6 Å². The van der Waals surface area contributed by atoms with E-state index in [4.69, 9.17) is 25.0 Å². The van der Waals surface area contributed by atoms with E-state index in [1.54, 1.807) is 70.3 Å². The number of nitrogens with zero attached hydrogens (tertiary/aromatic N) is 9. The van der Waals surface area contributed by atoms with Crippen molar-refractivity contribution in [2.24, 2.45) is 15.5 Å². The smallest absolute Gasteiger partial charge is 0.355 e. The lowest BCUT2D eigenvalue weighted by Gasteiger charge is -2.48. The Hall–Kier alpha value is -11.1. The van der Waals surface area contributed by atoms with E-state index in [2.05, 4.69) is 67.6 Å². The normalized spacial score (nSPS) is 19.0. The molecule has 6 amide bonds. The van der Waals surface area contributed by atoms with E-state index in [-0.39, 0.29) is 75.1 Å². The van der Waals surface area contributed by atoms with Gasteiger partial charge in [0, 0.05) is 74.4 Å². The average Bonchev–Trinajstić information content (AvgIpc) is 1.70. The van der Waals surface area contributed by atoms with Gasteiger partial charge in [-0.05, 0) is 41.5 Å². The van der Waals surface area contributed by atoms with Crippen LogP contribution in [0.5, 0.6) is 0 Å². The highest BCUT2D eigenvalue weighted by molar-refractivity contribution is 8.00. The third-order valence-corrected chi connectivity index (χ3v) is 21.6. The summed E-state index contributed by atoms with van der Waals surface area (Å²) in [6.07, 6.45) is 6.75. The Morgan fingerprint density at radius 2 is 1.01 bits per heavy atom. The summed E-state index contributed by atoms with van der Waals surface area (Å²) >= 11 is 5.35. The minimum atomic E-state index is -2.20. The first-order chi connectivity index (χ1) is 49.7. The molecule has 4 unspecified atom stereocenters. The van der Waals surface area contributed by atoms with Crippen molar-refractivity contribution in [3.05, 3.63) is 128 Å². The molecule has 5 aliphatic rings. The maximum absolute atomic E-state index is 15.2. The average molecular weight is 1560 g/mol. The Labute approximate surface area is 617 Å². The number of ether oxygens (including phenoxy) is 1. The van der Waals surface area contributed by atoms with Crippen LogP contribution in [0.3, 0.4) is 0 Å². The van der Waals surface area contributed by atoms with Gasteiger partial charge in [-0.2, -0.15) is 0 Å². The van der Waals surface area contributed by atoms with Crippen molar-refractivity contribution in [2.45, 2.75) is 106 Å². The van der Waals surface area contributed by atoms with E-state index in [1.165, 1.54) is 27.4 Å².